The Morgan fingerprint density at radius 2 is 1.67 bits per heavy atom. The van der Waals surface area contributed by atoms with Crippen LogP contribution >= 0.6 is 0 Å². The minimum Gasteiger partial charge on any atom is -0.372 e. The van der Waals surface area contributed by atoms with Gasteiger partial charge in [-0.15, -0.1) is 0 Å². The van der Waals surface area contributed by atoms with Crippen LogP contribution in [0.2, 0.25) is 0 Å². The number of carbonyl (C=O) groups is 1. The van der Waals surface area contributed by atoms with Gasteiger partial charge in [0.15, 0.2) is 0 Å². The highest BCUT2D eigenvalue weighted by atomic mass is 19.4. The van der Waals surface area contributed by atoms with Gasteiger partial charge in [-0.25, -0.2) is 0 Å². The summed E-state index contributed by atoms with van der Waals surface area (Å²) in [5.74, 6) is -0.0363. The average Bonchev–Trinajstić information content (AvgIpc) is 3.40. The zero-order valence-electron chi connectivity index (χ0n) is 21.7. The van der Waals surface area contributed by atoms with Crippen molar-refractivity contribution in [1.82, 2.24) is 15.5 Å². The number of alkyl halides is 6. The minimum atomic E-state index is -4.93. The van der Waals surface area contributed by atoms with Crippen molar-refractivity contribution in [3.8, 4) is 0 Å². The normalized spacial score (nSPS) is 23.5. The van der Waals surface area contributed by atoms with Gasteiger partial charge in [0.1, 0.15) is 0 Å². The molecule has 4 rings (SSSR count). The van der Waals surface area contributed by atoms with E-state index in [4.69, 9.17) is 4.74 Å². The van der Waals surface area contributed by atoms with Crippen LogP contribution in [0.15, 0.2) is 48.5 Å². The second kappa shape index (κ2) is 11.9. The van der Waals surface area contributed by atoms with Crippen molar-refractivity contribution in [3.05, 3.63) is 70.8 Å². The van der Waals surface area contributed by atoms with Gasteiger partial charge in [-0.2, -0.15) is 26.3 Å². The summed E-state index contributed by atoms with van der Waals surface area (Å²) in [5.41, 5.74) is -2.78. The van der Waals surface area contributed by atoms with Crippen LogP contribution in [0.25, 0.3) is 0 Å². The molecule has 2 heterocycles. The Morgan fingerprint density at radius 1 is 1.05 bits per heavy atom. The number of hydrogen-bond donors (Lipinski definition) is 2. The summed E-state index contributed by atoms with van der Waals surface area (Å²) in [7, 11) is 0. The number of carbonyl (C=O) groups excluding carboxylic acids is 1. The van der Waals surface area contributed by atoms with Gasteiger partial charge >= 0.3 is 12.4 Å². The molecular formula is C28H33F6N3O2. The zero-order valence-corrected chi connectivity index (χ0v) is 21.7. The topological polar surface area (TPSA) is 53.6 Å². The van der Waals surface area contributed by atoms with Crippen molar-refractivity contribution < 1.29 is 35.9 Å². The predicted octanol–water partition coefficient (Wildman–Crippen LogP) is 5.66. The van der Waals surface area contributed by atoms with E-state index in [2.05, 4.69) is 15.5 Å². The maximum absolute atomic E-state index is 13.3. The maximum atomic E-state index is 13.3. The van der Waals surface area contributed by atoms with E-state index >= 15 is 0 Å². The van der Waals surface area contributed by atoms with Crippen LogP contribution in [-0.4, -0.2) is 49.6 Å². The largest absolute Gasteiger partial charge is 0.416 e. The molecule has 2 aromatic carbocycles. The van der Waals surface area contributed by atoms with E-state index in [1.807, 2.05) is 30.3 Å². The van der Waals surface area contributed by atoms with Crippen LogP contribution in [0.3, 0.4) is 0 Å². The van der Waals surface area contributed by atoms with Crippen molar-refractivity contribution >= 4 is 5.91 Å². The first-order chi connectivity index (χ1) is 18.4. The highest BCUT2D eigenvalue weighted by Crippen LogP contribution is 2.39. The molecule has 2 N–H and O–H groups in total. The van der Waals surface area contributed by atoms with Gasteiger partial charge in [0, 0.05) is 12.6 Å². The lowest BCUT2D eigenvalue weighted by molar-refractivity contribution is -0.143. The third-order valence-electron chi connectivity index (χ3n) is 7.52. The number of piperidine rings is 1. The number of benzene rings is 2. The molecule has 0 aromatic heterocycles. The quantitative estimate of drug-likeness (QED) is 0.412. The molecule has 2 saturated heterocycles. The molecule has 2 aromatic rings. The number of hydrogen-bond acceptors (Lipinski definition) is 4. The average molecular weight is 558 g/mol. The molecule has 39 heavy (non-hydrogen) atoms. The fourth-order valence-electron chi connectivity index (χ4n) is 5.26. The van der Waals surface area contributed by atoms with Crippen molar-refractivity contribution in [2.75, 3.05) is 32.8 Å². The highest BCUT2D eigenvalue weighted by Gasteiger charge is 2.40. The van der Waals surface area contributed by atoms with Crippen LogP contribution in [-0.2, 0) is 27.4 Å². The van der Waals surface area contributed by atoms with Crippen LogP contribution in [0.1, 0.15) is 61.0 Å². The summed E-state index contributed by atoms with van der Waals surface area (Å²) in [5, 5.41) is 6.53. The number of nitrogens with one attached hydrogen (secondary N) is 2. The van der Waals surface area contributed by atoms with Crippen LogP contribution in [0.4, 0.5) is 26.3 Å². The van der Waals surface area contributed by atoms with Gasteiger partial charge in [0.25, 0.3) is 0 Å². The van der Waals surface area contributed by atoms with E-state index in [-0.39, 0.29) is 30.2 Å². The van der Waals surface area contributed by atoms with Crippen LogP contribution < -0.4 is 10.6 Å². The minimum absolute atomic E-state index is 0.0181. The molecule has 3 atom stereocenters. The first-order valence-electron chi connectivity index (χ1n) is 13.1. The summed E-state index contributed by atoms with van der Waals surface area (Å²) in [6, 6.07) is 10.8. The van der Waals surface area contributed by atoms with E-state index in [9.17, 15) is 31.1 Å². The second-order valence-electron chi connectivity index (χ2n) is 10.4. The fourth-order valence-corrected chi connectivity index (χ4v) is 5.26. The van der Waals surface area contributed by atoms with E-state index in [1.54, 1.807) is 0 Å². The molecule has 0 aliphatic carbocycles. The van der Waals surface area contributed by atoms with Gasteiger partial charge in [-0.1, -0.05) is 30.3 Å². The molecule has 5 nitrogen and oxygen atoms in total. The zero-order chi connectivity index (χ0) is 28.3. The van der Waals surface area contributed by atoms with Gasteiger partial charge in [0.2, 0.25) is 5.91 Å². The molecular weight excluding hydrogens is 524 g/mol. The summed E-state index contributed by atoms with van der Waals surface area (Å²) < 4.78 is 86.1. The number of halogens is 6. The predicted molar refractivity (Wildman–Crippen MR) is 134 cm³/mol. The summed E-state index contributed by atoms with van der Waals surface area (Å²) in [6.07, 6.45) is -7.53. The van der Waals surface area contributed by atoms with Crippen LogP contribution in [0.5, 0.6) is 0 Å². The lowest BCUT2D eigenvalue weighted by Crippen LogP contribution is -2.57. The molecule has 1 amide bonds. The molecule has 2 aliphatic rings. The van der Waals surface area contributed by atoms with Gasteiger partial charge in [-0.3, -0.25) is 9.69 Å². The standard InChI is InChI=1S/C28H33F6N3O2/c1-19(20-13-22(27(29,30)31)15-23(14-20)28(32,33)34)39-18-26(21-7-3-2-4-8-21)10-9-24(16-35-26)36-25(38)17-37-11-5-6-12-37/h2-4,7-8,13-15,19,24,35H,5-6,9-12,16-18H2,1H3,(H,36,38)/t19?,24-,26?/m0/s1. The lowest BCUT2D eigenvalue weighted by atomic mass is 9.81. The first-order valence-corrected chi connectivity index (χ1v) is 13.1. The third-order valence-corrected chi connectivity index (χ3v) is 7.52. The van der Waals surface area contributed by atoms with E-state index in [0.717, 1.165) is 31.5 Å². The molecule has 2 unspecified atom stereocenters. The summed E-state index contributed by atoms with van der Waals surface area (Å²) in [6.45, 7) is 4.10. The van der Waals surface area contributed by atoms with Crippen molar-refractivity contribution in [3.63, 3.8) is 0 Å². The Balaban J connectivity index is 1.46. The van der Waals surface area contributed by atoms with Gasteiger partial charge < -0.3 is 15.4 Å². The van der Waals surface area contributed by atoms with E-state index in [0.29, 0.717) is 38.1 Å². The number of likely N-dealkylation sites (tertiary alicyclic amines) is 1. The molecule has 0 radical (unpaired) electrons. The Labute approximate surface area is 223 Å². The Bertz CT molecular complexity index is 1080. The fraction of sp³-hybridized carbons (Fsp3) is 0.536. The Kier molecular flexibility index (Phi) is 8.92. The summed E-state index contributed by atoms with van der Waals surface area (Å²) in [4.78, 5) is 14.6. The second-order valence-corrected chi connectivity index (χ2v) is 10.4. The molecule has 11 heteroatoms. The van der Waals surface area contributed by atoms with Crippen LogP contribution in [0, 0.1) is 0 Å². The number of amides is 1. The molecule has 0 bridgehead atoms. The van der Waals surface area contributed by atoms with Crippen molar-refractivity contribution in [2.24, 2.45) is 0 Å². The number of ether oxygens (including phenoxy) is 1. The van der Waals surface area contributed by atoms with Gasteiger partial charge in [0.05, 0.1) is 35.9 Å². The monoisotopic (exact) mass is 557 g/mol. The van der Waals surface area contributed by atoms with Crippen molar-refractivity contribution in [1.29, 1.82) is 0 Å². The van der Waals surface area contributed by atoms with E-state index in [1.165, 1.54) is 6.92 Å². The Morgan fingerprint density at radius 3 is 2.21 bits per heavy atom. The summed E-state index contributed by atoms with van der Waals surface area (Å²) >= 11 is 0. The Hall–Kier alpha value is -2.63. The van der Waals surface area contributed by atoms with Crippen molar-refractivity contribution in [2.45, 2.75) is 62.6 Å². The lowest BCUT2D eigenvalue weighted by Gasteiger charge is -2.42. The number of rotatable bonds is 8. The molecule has 0 spiro atoms. The highest BCUT2D eigenvalue weighted by molar-refractivity contribution is 5.78. The smallest absolute Gasteiger partial charge is 0.372 e. The molecule has 0 saturated carbocycles. The van der Waals surface area contributed by atoms with E-state index < -0.39 is 35.1 Å². The molecule has 2 fully saturated rings. The molecule has 214 valence electrons. The number of nitrogens with zero attached hydrogens (tertiary/aromatic N) is 1. The molecule has 2 aliphatic heterocycles. The SMILES string of the molecule is CC(OCC1(c2ccccc2)CC[C@H](NC(=O)CN2CCCC2)CN1)c1cc(C(F)(F)F)cc(C(F)(F)F)c1. The maximum Gasteiger partial charge on any atom is 0.416 e. The first kappa shape index (κ1) is 29.4. The third kappa shape index (κ3) is 7.52. The van der Waals surface area contributed by atoms with Gasteiger partial charge in [-0.05, 0) is 75.0 Å².